The van der Waals surface area contributed by atoms with Gasteiger partial charge in [-0.15, -0.1) is 0 Å². The molecular formula is C16H12BrN3. The maximum atomic E-state index is 9.20. The Kier molecular flexibility index (Phi) is 3.21. The number of nitrogen functional groups attached to an aromatic ring is 1. The Morgan fingerprint density at radius 1 is 1.15 bits per heavy atom. The van der Waals surface area contributed by atoms with Crippen LogP contribution in [0.4, 0.5) is 5.69 Å². The van der Waals surface area contributed by atoms with Crippen molar-refractivity contribution in [3.05, 3.63) is 64.4 Å². The maximum absolute atomic E-state index is 9.20. The van der Waals surface area contributed by atoms with E-state index in [1.807, 2.05) is 22.8 Å². The second-order valence-electron chi connectivity index (χ2n) is 4.61. The smallest absolute Gasteiger partial charge is 0.123 e. The lowest BCUT2D eigenvalue weighted by Gasteiger charge is -2.10. The van der Waals surface area contributed by atoms with Crippen LogP contribution in [0, 0.1) is 11.3 Å². The zero-order valence-corrected chi connectivity index (χ0v) is 12.3. The zero-order chi connectivity index (χ0) is 14.1. The number of nitrogens with zero attached hydrogens (tertiary/aromatic N) is 2. The third-order valence-corrected chi connectivity index (χ3v) is 4.27. The van der Waals surface area contributed by atoms with Gasteiger partial charge in [-0.05, 0) is 38.3 Å². The van der Waals surface area contributed by atoms with Crippen LogP contribution in [0.5, 0.6) is 0 Å². The van der Waals surface area contributed by atoms with E-state index in [1.165, 1.54) is 10.8 Å². The molecule has 0 amide bonds. The lowest BCUT2D eigenvalue weighted by Crippen LogP contribution is -2.03. The molecule has 0 saturated heterocycles. The molecule has 0 saturated carbocycles. The van der Waals surface area contributed by atoms with E-state index in [0.29, 0.717) is 17.9 Å². The van der Waals surface area contributed by atoms with Crippen molar-refractivity contribution < 1.29 is 0 Å². The van der Waals surface area contributed by atoms with Crippen molar-refractivity contribution in [2.24, 2.45) is 0 Å². The van der Waals surface area contributed by atoms with Crippen LogP contribution in [-0.4, -0.2) is 4.57 Å². The van der Waals surface area contributed by atoms with Crippen molar-refractivity contribution in [3.63, 3.8) is 0 Å². The highest BCUT2D eigenvalue weighted by atomic mass is 79.9. The number of hydrogen-bond acceptors (Lipinski definition) is 2. The molecule has 1 aromatic heterocycles. The maximum Gasteiger partial charge on any atom is 0.123 e. The Morgan fingerprint density at radius 2 is 1.90 bits per heavy atom. The molecule has 98 valence electrons. The fraction of sp³-hybridized carbons (Fsp3) is 0.0625. The van der Waals surface area contributed by atoms with Gasteiger partial charge in [0.15, 0.2) is 0 Å². The summed E-state index contributed by atoms with van der Waals surface area (Å²) >= 11 is 3.45. The molecule has 0 aliphatic rings. The van der Waals surface area contributed by atoms with Crippen molar-refractivity contribution in [1.82, 2.24) is 4.57 Å². The summed E-state index contributed by atoms with van der Waals surface area (Å²) < 4.78 is 2.64. The molecule has 2 aromatic carbocycles. The van der Waals surface area contributed by atoms with E-state index >= 15 is 0 Å². The normalized spacial score (nSPS) is 10.6. The van der Waals surface area contributed by atoms with Crippen LogP contribution in [0.3, 0.4) is 0 Å². The number of aromatic nitrogens is 1. The molecule has 0 radical (unpaired) electrons. The van der Waals surface area contributed by atoms with E-state index < -0.39 is 0 Å². The van der Waals surface area contributed by atoms with Gasteiger partial charge in [0.05, 0.1) is 5.69 Å². The predicted octanol–water partition coefficient (Wildman–Crippen LogP) is 3.91. The van der Waals surface area contributed by atoms with Crippen molar-refractivity contribution in [2.45, 2.75) is 6.54 Å². The monoisotopic (exact) mass is 325 g/mol. The Balaban J connectivity index is 2.13. The summed E-state index contributed by atoms with van der Waals surface area (Å²) in [4.78, 5) is 0. The fourth-order valence-electron chi connectivity index (χ4n) is 2.39. The van der Waals surface area contributed by atoms with Gasteiger partial charge in [0.1, 0.15) is 16.4 Å². The third kappa shape index (κ3) is 2.06. The summed E-state index contributed by atoms with van der Waals surface area (Å²) in [7, 11) is 0. The summed E-state index contributed by atoms with van der Waals surface area (Å²) in [5.41, 5.74) is 8.17. The van der Waals surface area contributed by atoms with E-state index in [1.54, 1.807) is 6.07 Å². The molecule has 0 aliphatic heterocycles. The number of rotatable bonds is 2. The quantitative estimate of drug-likeness (QED) is 0.776. The van der Waals surface area contributed by atoms with Crippen LogP contribution in [0.25, 0.3) is 10.8 Å². The Hall–Kier alpha value is -2.25. The minimum absolute atomic E-state index is 0.558. The molecule has 0 aliphatic carbocycles. The number of anilines is 1. The fourth-order valence-corrected chi connectivity index (χ4v) is 2.83. The van der Waals surface area contributed by atoms with Gasteiger partial charge < -0.3 is 10.3 Å². The Morgan fingerprint density at radius 3 is 2.70 bits per heavy atom. The first kappa shape index (κ1) is 12.8. The van der Waals surface area contributed by atoms with Crippen LogP contribution in [0.1, 0.15) is 11.3 Å². The van der Waals surface area contributed by atoms with Gasteiger partial charge in [-0.3, -0.25) is 0 Å². The van der Waals surface area contributed by atoms with Gasteiger partial charge in [-0.25, -0.2) is 0 Å². The van der Waals surface area contributed by atoms with Crippen LogP contribution in [0.15, 0.2) is 53.1 Å². The second kappa shape index (κ2) is 5.03. The molecule has 0 bridgehead atoms. The van der Waals surface area contributed by atoms with Gasteiger partial charge in [0.25, 0.3) is 0 Å². The first-order chi connectivity index (χ1) is 9.70. The van der Waals surface area contributed by atoms with Crippen molar-refractivity contribution >= 4 is 32.4 Å². The van der Waals surface area contributed by atoms with Gasteiger partial charge >= 0.3 is 0 Å². The molecule has 20 heavy (non-hydrogen) atoms. The van der Waals surface area contributed by atoms with E-state index in [-0.39, 0.29) is 0 Å². The molecule has 3 nitrogen and oxygen atoms in total. The SMILES string of the molecule is N#Cc1cc(N)c(Br)n1Cc1cccc2ccccc12. The Bertz CT molecular complexity index is 822. The van der Waals surface area contributed by atoms with E-state index in [4.69, 9.17) is 5.73 Å². The van der Waals surface area contributed by atoms with Crippen LogP contribution >= 0.6 is 15.9 Å². The molecule has 0 fully saturated rings. The number of nitriles is 1. The van der Waals surface area contributed by atoms with E-state index in [0.717, 1.165) is 10.2 Å². The lowest BCUT2D eigenvalue weighted by atomic mass is 10.0. The van der Waals surface area contributed by atoms with Crippen molar-refractivity contribution in [1.29, 1.82) is 5.26 Å². The highest BCUT2D eigenvalue weighted by Crippen LogP contribution is 2.27. The Labute approximate surface area is 125 Å². The predicted molar refractivity (Wildman–Crippen MR) is 84.3 cm³/mol. The molecule has 2 N–H and O–H groups in total. The van der Waals surface area contributed by atoms with Crippen LogP contribution in [-0.2, 0) is 6.54 Å². The number of benzene rings is 2. The first-order valence-electron chi connectivity index (χ1n) is 6.22. The van der Waals surface area contributed by atoms with Gasteiger partial charge in [0, 0.05) is 6.54 Å². The molecule has 1 heterocycles. The second-order valence-corrected chi connectivity index (χ2v) is 5.36. The van der Waals surface area contributed by atoms with Crippen LogP contribution < -0.4 is 5.73 Å². The molecule has 0 atom stereocenters. The molecule has 0 spiro atoms. The molecule has 3 aromatic rings. The summed E-state index contributed by atoms with van der Waals surface area (Å²) in [6.07, 6.45) is 0. The highest BCUT2D eigenvalue weighted by molar-refractivity contribution is 9.10. The minimum Gasteiger partial charge on any atom is -0.397 e. The number of hydrogen-bond donors (Lipinski definition) is 1. The van der Waals surface area contributed by atoms with Crippen molar-refractivity contribution in [3.8, 4) is 6.07 Å². The lowest BCUT2D eigenvalue weighted by molar-refractivity contribution is 0.781. The van der Waals surface area contributed by atoms with Crippen LogP contribution in [0.2, 0.25) is 0 Å². The van der Waals surface area contributed by atoms with Gasteiger partial charge in [-0.1, -0.05) is 42.5 Å². The summed E-state index contributed by atoms with van der Waals surface area (Å²) in [5.74, 6) is 0. The van der Waals surface area contributed by atoms with Gasteiger partial charge in [0.2, 0.25) is 0 Å². The number of halogens is 1. The largest absolute Gasteiger partial charge is 0.397 e. The van der Waals surface area contributed by atoms with Crippen molar-refractivity contribution in [2.75, 3.05) is 5.73 Å². The third-order valence-electron chi connectivity index (χ3n) is 3.38. The molecule has 3 rings (SSSR count). The zero-order valence-electron chi connectivity index (χ0n) is 10.7. The average Bonchev–Trinajstić information content (AvgIpc) is 2.75. The number of fused-ring (bicyclic) bond motifs is 1. The average molecular weight is 326 g/mol. The number of nitrogens with two attached hydrogens (primary N) is 1. The molecule has 0 unspecified atom stereocenters. The van der Waals surface area contributed by atoms with E-state index in [9.17, 15) is 5.26 Å². The highest BCUT2D eigenvalue weighted by Gasteiger charge is 2.12. The van der Waals surface area contributed by atoms with Gasteiger partial charge in [-0.2, -0.15) is 5.26 Å². The van der Waals surface area contributed by atoms with E-state index in [2.05, 4.69) is 46.3 Å². The summed E-state index contributed by atoms with van der Waals surface area (Å²) in [6, 6.07) is 18.3. The molecular weight excluding hydrogens is 314 g/mol. The topological polar surface area (TPSA) is 54.7 Å². The first-order valence-corrected chi connectivity index (χ1v) is 7.01. The summed E-state index contributed by atoms with van der Waals surface area (Å²) in [6.45, 7) is 0.613. The summed E-state index contributed by atoms with van der Waals surface area (Å²) in [5, 5.41) is 11.6. The molecule has 4 heteroatoms. The standard InChI is InChI=1S/C16H12BrN3/c17-16-15(19)8-13(9-18)20(16)10-12-6-3-5-11-4-1-2-7-14(11)12/h1-8H,10,19H2. The minimum atomic E-state index is 0.558.